The minimum absolute atomic E-state index is 0.00839. The molecular weight excluding hydrogens is 504 g/mol. The fraction of sp³-hybridized carbons (Fsp3) is 0.533. The first-order valence-electron chi connectivity index (χ1n) is 13.8. The maximum Gasteiger partial charge on any atom is 0.225 e. The van der Waals surface area contributed by atoms with Gasteiger partial charge in [0.2, 0.25) is 11.8 Å². The van der Waals surface area contributed by atoms with E-state index in [4.69, 9.17) is 5.73 Å². The number of aliphatic hydroxyl groups is 2. The quantitative estimate of drug-likeness (QED) is 0.381. The second kappa shape index (κ2) is 12.1. The number of nitrogens with two attached hydrogens (primary N) is 1. The average molecular weight is 544 g/mol. The Morgan fingerprint density at radius 2 is 1.95 bits per heavy atom. The summed E-state index contributed by atoms with van der Waals surface area (Å²) in [6.07, 6.45) is 1.79. The maximum absolute atomic E-state index is 15.5. The Bertz CT molecular complexity index is 1200. The summed E-state index contributed by atoms with van der Waals surface area (Å²) in [4.78, 5) is 26.5. The zero-order valence-electron chi connectivity index (χ0n) is 22.6. The molecular formula is C30H39F2N3O4. The number of likely N-dealkylation sites (tertiary alicyclic amines) is 1. The van der Waals surface area contributed by atoms with Crippen LogP contribution >= 0.6 is 0 Å². The predicted octanol–water partition coefficient (Wildman–Crippen LogP) is 3.38. The molecule has 1 saturated carbocycles. The minimum atomic E-state index is -1.60. The largest absolute Gasteiger partial charge is 0.391 e. The maximum atomic E-state index is 15.5. The first-order chi connectivity index (χ1) is 18.5. The lowest BCUT2D eigenvalue weighted by molar-refractivity contribution is -0.141. The molecule has 0 aromatic heterocycles. The van der Waals surface area contributed by atoms with Crippen molar-refractivity contribution >= 4 is 11.8 Å². The van der Waals surface area contributed by atoms with E-state index in [1.165, 1.54) is 25.1 Å². The van der Waals surface area contributed by atoms with Gasteiger partial charge in [-0.25, -0.2) is 8.78 Å². The molecule has 7 nitrogen and oxygen atoms in total. The lowest BCUT2D eigenvalue weighted by Crippen LogP contribution is -2.50. The van der Waals surface area contributed by atoms with Crippen molar-refractivity contribution in [3.05, 3.63) is 59.2 Å². The van der Waals surface area contributed by atoms with Gasteiger partial charge < -0.3 is 26.2 Å². The zero-order chi connectivity index (χ0) is 28.3. The summed E-state index contributed by atoms with van der Waals surface area (Å²) in [5, 5.41) is 25.3. The van der Waals surface area contributed by atoms with Crippen LogP contribution < -0.4 is 11.1 Å². The molecule has 0 bridgehead atoms. The van der Waals surface area contributed by atoms with Crippen molar-refractivity contribution < 1.29 is 28.6 Å². The van der Waals surface area contributed by atoms with E-state index in [0.29, 0.717) is 45.2 Å². The fourth-order valence-corrected chi connectivity index (χ4v) is 6.25. The molecule has 2 fully saturated rings. The molecule has 2 aromatic rings. The average Bonchev–Trinajstić information content (AvgIpc) is 3.25. The van der Waals surface area contributed by atoms with E-state index in [1.54, 1.807) is 30.0 Å². The smallest absolute Gasteiger partial charge is 0.225 e. The van der Waals surface area contributed by atoms with Crippen LogP contribution in [0.2, 0.25) is 0 Å². The number of piperidine rings is 1. The number of benzene rings is 2. The lowest BCUT2D eigenvalue weighted by Gasteiger charge is -2.44. The second-order valence-electron chi connectivity index (χ2n) is 11.2. The first-order valence-corrected chi connectivity index (χ1v) is 13.8. The van der Waals surface area contributed by atoms with Gasteiger partial charge in [-0.3, -0.25) is 9.59 Å². The van der Waals surface area contributed by atoms with Crippen LogP contribution in [0.25, 0.3) is 11.1 Å². The highest BCUT2D eigenvalue weighted by Crippen LogP contribution is 2.45. The van der Waals surface area contributed by atoms with Crippen molar-refractivity contribution in [3.8, 4) is 11.1 Å². The molecule has 9 heteroatoms. The van der Waals surface area contributed by atoms with Crippen LogP contribution in [0.3, 0.4) is 0 Å². The molecule has 2 aromatic carbocycles. The third kappa shape index (κ3) is 6.31. The number of aryl methyl sites for hydroxylation is 1. The van der Waals surface area contributed by atoms with Gasteiger partial charge in [-0.15, -0.1) is 0 Å². The molecule has 1 aliphatic carbocycles. The van der Waals surface area contributed by atoms with Crippen LogP contribution in [0.5, 0.6) is 0 Å². The molecule has 1 heterocycles. The van der Waals surface area contributed by atoms with Crippen LogP contribution in [-0.4, -0.2) is 58.7 Å². The second-order valence-corrected chi connectivity index (χ2v) is 11.2. The van der Waals surface area contributed by atoms with Crippen molar-refractivity contribution in [3.63, 3.8) is 0 Å². The van der Waals surface area contributed by atoms with E-state index in [1.807, 2.05) is 0 Å². The highest BCUT2D eigenvalue weighted by atomic mass is 19.1. The van der Waals surface area contributed by atoms with E-state index in [2.05, 4.69) is 5.32 Å². The van der Waals surface area contributed by atoms with Gasteiger partial charge >= 0.3 is 0 Å². The number of hydrogen-bond donors (Lipinski definition) is 4. The molecule has 1 aliphatic heterocycles. The molecule has 0 spiro atoms. The Balaban J connectivity index is 1.71. The monoisotopic (exact) mass is 543 g/mol. The third-order valence-electron chi connectivity index (χ3n) is 8.31. The van der Waals surface area contributed by atoms with Crippen molar-refractivity contribution in [1.29, 1.82) is 0 Å². The first kappa shape index (κ1) is 29.1. The van der Waals surface area contributed by atoms with Gasteiger partial charge in [0.05, 0.1) is 11.7 Å². The number of amides is 2. The van der Waals surface area contributed by atoms with Crippen LogP contribution in [0.4, 0.5) is 8.78 Å². The number of rotatable bonds is 8. The van der Waals surface area contributed by atoms with Crippen molar-refractivity contribution in [2.75, 3.05) is 19.6 Å². The number of aliphatic hydroxyl groups excluding tert-OH is 1. The summed E-state index contributed by atoms with van der Waals surface area (Å²) in [5.74, 6) is -2.37. The van der Waals surface area contributed by atoms with Gasteiger partial charge in [-0.2, -0.15) is 0 Å². The zero-order valence-corrected chi connectivity index (χ0v) is 22.6. The Kier molecular flexibility index (Phi) is 9.03. The highest BCUT2D eigenvalue weighted by molar-refractivity contribution is 5.79. The van der Waals surface area contributed by atoms with Crippen LogP contribution in [0.15, 0.2) is 36.4 Å². The highest BCUT2D eigenvalue weighted by Gasteiger charge is 2.45. The Morgan fingerprint density at radius 1 is 1.18 bits per heavy atom. The molecule has 0 radical (unpaired) electrons. The van der Waals surface area contributed by atoms with Crippen LogP contribution in [0.1, 0.15) is 56.6 Å². The normalized spacial score (nSPS) is 24.8. The molecule has 0 unspecified atom stereocenters. The van der Waals surface area contributed by atoms with Gasteiger partial charge in [0, 0.05) is 55.6 Å². The van der Waals surface area contributed by atoms with E-state index in [9.17, 15) is 19.8 Å². The molecule has 4 rings (SSSR count). The Labute approximate surface area is 228 Å². The Hall–Kier alpha value is -2.88. The van der Waals surface area contributed by atoms with Crippen LogP contribution in [-0.2, 0) is 15.2 Å². The molecule has 39 heavy (non-hydrogen) atoms. The summed E-state index contributed by atoms with van der Waals surface area (Å²) in [6, 6.07) is 8.42. The number of nitrogens with zero attached hydrogens (tertiary/aromatic N) is 1. The SMILES string of the molecule is CC(=O)NCCC[C@@](O)(c1cccc(F)c1-c1cc(C)ccc1F)[C@@H]1CCCN(C(=O)[C@H]2C[C@@H](N)[C@@H](O)C2)C1. The molecule has 5 N–H and O–H groups in total. The molecule has 5 atom stereocenters. The minimum Gasteiger partial charge on any atom is -0.391 e. The number of carbonyl (C=O) groups excluding carboxylic acids is 2. The summed E-state index contributed by atoms with van der Waals surface area (Å²) < 4.78 is 30.6. The van der Waals surface area contributed by atoms with Gasteiger partial charge in [0.1, 0.15) is 11.6 Å². The van der Waals surface area contributed by atoms with Gasteiger partial charge in [0.25, 0.3) is 0 Å². The number of nitrogens with one attached hydrogen (secondary N) is 1. The number of carbonyl (C=O) groups is 2. The van der Waals surface area contributed by atoms with Crippen LogP contribution in [0, 0.1) is 30.4 Å². The lowest BCUT2D eigenvalue weighted by atomic mass is 9.72. The Morgan fingerprint density at radius 3 is 2.64 bits per heavy atom. The summed E-state index contributed by atoms with van der Waals surface area (Å²) in [5.41, 5.74) is 5.45. The fourth-order valence-electron chi connectivity index (χ4n) is 6.25. The van der Waals surface area contributed by atoms with E-state index < -0.39 is 35.3 Å². The van der Waals surface area contributed by atoms with E-state index >= 15 is 8.78 Å². The van der Waals surface area contributed by atoms with Crippen molar-refractivity contribution in [1.82, 2.24) is 10.2 Å². The molecule has 1 saturated heterocycles. The number of halogens is 2. The standard InChI is InChI=1S/C30H39F2N3O4/c1-18-9-10-24(31)22(14-18)28-23(7-3-8-25(28)32)30(39,11-5-12-34-19(2)36)21-6-4-13-35(17-21)29(38)20-15-26(33)27(37)16-20/h3,7-10,14,20-21,26-27,37,39H,4-6,11-13,15-17,33H2,1-2H3,(H,34,36)/t20-,21+,26+,27-,30-/m0/s1. The third-order valence-corrected chi connectivity index (χ3v) is 8.31. The van der Waals surface area contributed by atoms with Gasteiger partial charge in [-0.05, 0) is 69.2 Å². The number of hydrogen-bond acceptors (Lipinski definition) is 5. The van der Waals surface area contributed by atoms with Crippen molar-refractivity contribution in [2.45, 2.75) is 70.1 Å². The molecule has 212 valence electrons. The van der Waals surface area contributed by atoms with Gasteiger partial charge in [0.15, 0.2) is 0 Å². The molecule has 2 aliphatic rings. The summed E-state index contributed by atoms with van der Waals surface area (Å²) in [6.45, 7) is 4.27. The predicted molar refractivity (Wildman–Crippen MR) is 144 cm³/mol. The van der Waals surface area contributed by atoms with E-state index in [-0.39, 0.29) is 47.4 Å². The summed E-state index contributed by atoms with van der Waals surface area (Å²) in [7, 11) is 0. The summed E-state index contributed by atoms with van der Waals surface area (Å²) >= 11 is 0. The van der Waals surface area contributed by atoms with E-state index in [0.717, 1.165) is 5.56 Å². The van der Waals surface area contributed by atoms with Crippen molar-refractivity contribution in [2.24, 2.45) is 17.6 Å². The van der Waals surface area contributed by atoms with Gasteiger partial charge in [-0.1, -0.05) is 23.8 Å². The topological polar surface area (TPSA) is 116 Å². The molecule has 2 amide bonds.